The van der Waals surface area contributed by atoms with Crippen LogP contribution in [0.5, 0.6) is 0 Å². The number of halogens is 2. The maximum absolute atomic E-state index is 12.5. The SMILES string of the molecule is C=CCn1c(CSCc2ccc(Cl)c(Cl)c2)nnc1SCC(=O)Nc1cccc(C(=O)OCCC)c1. The lowest BCUT2D eigenvalue weighted by Crippen LogP contribution is -2.15. The second kappa shape index (κ2) is 14.3. The molecule has 3 rings (SSSR count). The zero-order chi connectivity index (χ0) is 25.9. The molecule has 0 aliphatic carbocycles. The van der Waals surface area contributed by atoms with Crippen molar-refractivity contribution >= 4 is 64.3 Å². The summed E-state index contributed by atoms with van der Waals surface area (Å²) in [5, 5.41) is 13.1. The molecule has 0 radical (unpaired) electrons. The highest BCUT2D eigenvalue weighted by Crippen LogP contribution is 2.26. The minimum Gasteiger partial charge on any atom is -0.462 e. The minimum absolute atomic E-state index is 0.135. The quantitative estimate of drug-likeness (QED) is 0.144. The van der Waals surface area contributed by atoms with E-state index in [9.17, 15) is 9.59 Å². The average molecular weight is 566 g/mol. The number of nitrogens with one attached hydrogen (secondary N) is 1. The summed E-state index contributed by atoms with van der Waals surface area (Å²) >= 11 is 15.0. The lowest BCUT2D eigenvalue weighted by molar-refractivity contribution is -0.113. The largest absolute Gasteiger partial charge is 0.462 e. The minimum atomic E-state index is -0.413. The molecule has 0 aliphatic rings. The molecule has 7 nitrogen and oxygen atoms in total. The number of allylic oxidation sites excluding steroid dienone is 1. The fourth-order valence-electron chi connectivity index (χ4n) is 3.06. The second-order valence-electron chi connectivity index (χ2n) is 7.59. The van der Waals surface area contributed by atoms with Crippen LogP contribution >= 0.6 is 46.7 Å². The van der Waals surface area contributed by atoms with Gasteiger partial charge in [0.05, 0.1) is 33.7 Å². The van der Waals surface area contributed by atoms with Crippen molar-refractivity contribution in [2.24, 2.45) is 0 Å². The summed E-state index contributed by atoms with van der Waals surface area (Å²) in [6.07, 6.45) is 2.51. The molecule has 2 aromatic carbocycles. The number of ether oxygens (including phenoxy) is 1. The third kappa shape index (κ3) is 8.30. The molecule has 0 saturated carbocycles. The number of nitrogens with zero attached hydrogens (tertiary/aromatic N) is 3. The lowest BCUT2D eigenvalue weighted by Gasteiger charge is -2.09. The summed E-state index contributed by atoms with van der Waals surface area (Å²) in [7, 11) is 0. The zero-order valence-electron chi connectivity index (χ0n) is 19.7. The number of anilines is 1. The summed E-state index contributed by atoms with van der Waals surface area (Å²) in [5.74, 6) is 1.67. The number of hydrogen-bond acceptors (Lipinski definition) is 7. The van der Waals surface area contributed by atoms with Crippen molar-refractivity contribution in [1.29, 1.82) is 0 Å². The molecule has 11 heteroatoms. The first-order chi connectivity index (χ1) is 17.4. The van der Waals surface area contributed by atoms with E-state index in [1.54, 1.807) is 48.2 Å². The van der Waals surface area contributed by atoms with E-state index in [1.165, 1.54) is 11.8 Å². The van der Waals surface area contributed by atoms with E-state index < -0.39 is 5.97 Å². The van der Waals surface area contributed by atoms with Crippen LogP contribution in [0.3, 0.4) is 0 Å². The van der Waals surface area contributed by atoms with Crippen LogP contribution in [0.15, 0.2) is 60.3 Å². The predicted molar refractivity (Wildman–Crippen MR) is 148 cm³/mol. The van der Waals surface area contributed by atoms with Crippen LogP contribution in [-0.2, 0) is 27.6 Å². The van der Waals surface area contributed by atoms with Gasteiger partial charge in [-0.25, -0.2) is 4.79 Å². The number of hydrogen-bond donors (Lipinski definition) is 1. The number of thioether (sulfide) groups is 2. The van der Waals surface area contributed by atoms with Gasteiger partial charge in [-0.1, -0.05) is 60.1 Å². The number of amides is 1. The molecule has 0 atom stereocenters. The molecule has 0 bridgehead atoms. The zero-order valence-corrected chi connectivity index (χ0v) is 22.9. The van der Waals surface area contributed by atoms with Gasteiger partial charge in [0.25, 0.3) is 0 Å². The fourth-order valence-corrected chi connectivity index (χ4v) is 5.06. The Bertz CT molecular complexity index is 1220. The van der Waals surface area contributed by atoms with Crippen LogP contribution in [0.25, 0.3) is 0 Å². The van der Waals surface area contributed by atoms with Crippen molar-refractivity contribution in [2.75, 3.05) is 17.7 Å². The van der Waals surface area contributed by atoms with Gasteiger partial charge < -0.3 is 14.6 Å². The number of esters is 1. The highest BCUT2D eigenvalue weighted by atomic mass is 35.5. The predicted octanol–water partition coefficient (Wildman–Crippen LogP) is 6.50. The molecule has 1 heterocycles. The van der Waals surface area contributed by atoms with Crippen molar-refractivity contribution in [3.05, 3.63) is 82.1 Å². The first-order valence-electron chi connectivity index (χ1n) is 11.2. The van der Waals surface area contributed by atoms with Crippen LogP contribution in [0, 0.1) is 0 Å². The fraction of sp³-hybridized carbons (Fsp3) is 0.280. The molecule has 1 N–H and O–H groups in total. The number of aromatic nitrogens is 3. The lowest BCUT2D eigenvalue weighted by atomic mass is 10.2. The third-order valence-corrected chi connectivity index (χ3v) is 7.45. The number of rotatable bonds is 13. The van der Waals surface area contributed by atoms with E-state index in [4.69, 9.17) is 27.9 Å². The molecule has 0 aliphatic heterocycles. The van der Waals surface area contributed by atoms with Gasteiger partial charge in [-0.15, -0.1) is 28.5 Å². The van der Waals surface area contributed by atoms with Crippen molar-refractivity contribution < 1.29 is 14.3 Å². The highest BCUT2D eigenvalue weighted by molar-refractivity contribution is 7.99. The summed E-state index contributed by atoms with van der Waals surface area (Å²) in [6.45, 7) is 6.63. The highest BCUT2D eigenvalue weighted by Gasteiger charge is 2.15. The molecule has 3 aromatic rings. The van der Waals surface area contributed by atoms with Crippen molar-refractivity contribution in [2.45, 2.75) is 36.6 Å². The van der Waals surface area contributed by atoms with Gasteiger partial charge in [-0.2, -0.15) is 0 Å². The van der Waals surface area contributed by atoms with Crippen LogP contribution in [-0.4, -0.2) is 39.0 Å². The molecule has 1 amide bonds. The van der Waals surface area contributed by atoms with Gasteiger partial charge in [0, 0.05) is 18.0 Å². The molecule has 0 unspecified atom stereocenters. The first-order valence-corrected chi connectivity index (χ1v) is 14.0. The molecular formula is C25H26Cl2N4O3S2. The Morgan fingerprint density at radius 1 is 1.14 bits per heavy atom. The van der Waals surface area contributed by atoms with E-state index in [2.05, 4.69) is 22.1 Å². The van der Waals surface area contributed by atoms with Gasteiger partial charge >= 0.3 is 5.97 Å². The smallest absolute Gasteiger partial charge is 0.338 e. The Labute approximate surface area is 229 Å². The maximum Gasteiger partial charge on any atom is 0.338 e. The van der Waals surface area contributed by atoms with Gasteiger partial charge in [-0.05, 0) is 42.3 Å². The Morgan fingerprint density at radius 2 is 1.97 bits per heavy atom. The van der Waals surface area contributed by atoms with E-state index in [1.807, 2.05) is 23.6 Å². The van der Waals surface area contributed by atoms with E-state index in [0.29, 0.717) is 45.4 Å². The standard InChI is InChI=1S/C25H26Cl2N4O3S2/c1-3-10-31-22(15-35-14-17-8-9-20(26)21(27)12-17)29-30-25(31)36-16-23(32)28-19-7-5-6-18(13-19)24(33)34-11-4-2/h3,5-9,12-13H,1,4,10-11,14-16H2,2H3,(H,28,32). The van der Waals surface area contributed by atoms with E-state index in [-0.39, 0.29) is 11.7 Å². The van der Waals surface area contributed by atoms with Gasteiger partial charge in [0.15, 0.2) is 5.16 Å². The number of carbonyl (C=O) groups excluding carboxylic acids is 2. The number of benzene rings is 2. The Hall–Kier alpha value is -2.46. The van der Waals surface area contributed by atoms with Crippen LogP contribution < -0.4 is 5.32 Å². The molecule has 1 aromatic heterocycles. The van der Waals surface area contributed by atoms with Gasteiger partial charge in [-0.3, -0.25) is 4.79 Å². The summed E-state index contributed by atoms with van der Waals surface area (Å²) in [4.78, 5) is 24.6. The van der Waals surface area contributed by atoms with Crippen molar-refractivity contribution in [3.63, 3.8) is 0 Å². The molecular weight excluding hydrogens is 539 g/mol. The van der Waals surface area contributed by atoms with Crippen molar-refractivity contribution in [3.8, 4) is 0 Å². The summed E-state index contributed by atoms with van der Waals surface area (Å²) < 4.78 is 7.09. The Balaban J connectivity index is 1.55. The van der Waals surface area contributed by atoms with E-state index in [0.717, 1.165) is 23.6 Å². The van der Waals surface area contributed by atoms with Gasteiger partial charge in [0.2, 0.25) is 5.91 Å². The summed E-state index contributed by atoms with van der Waals surface area (Å²) in [6, 6.07) is 12.3. The molecule has 36 heavy (non-hydrogen) atoms. The normalized spacial score (nSPS) is 10.8. The Morgan fingerprint density at radius 3 is 2.72 bits per heavy atom. The molecule has 190 valence electrons. The monoisotopic (exact) mass is 564 g/mol. The van der Waals surface area contributed by atoms with Crippen LogP contribution in [0.4, 0.5) is 5.69 Å². The molecule has 0 saturated heterocycles. The van der Waals surface area contributed by atoms with Crippen LogP contribution in [0.2, 0.25) is 10.0 Å². The van der Waals surface area contributed by atoms with Gasteiger partial charge in [0.1, 0.15) is 5.82 Å². The van der Waals surface area contributed by atoms with E-state index >= 15 is 0 Å². The topological polar surface area (TPSA) is 86.1 Å². The maximum atomic E-state index is 12.5. The van der Waals surface area contributed by atoms with Crippen molar-refractivity contribution in [1.82, 2.24) is 14.8 Å². The average Bonchev–Trinajstić information content (AvgIpc) is 3.25. The first kappa shape index (κ1) is 28.1. The summed E-state index contributed by atoms with van der Waals surface area (Å²) in [5.41, 5.74) is 1.99. The molecule has 0 spiro atoms. The number of carbonyl (C=O) groups is 2. The third-order valence-electron chi connectivity index (χ3n) is 4.74. The molecule has 0 fully saturated rings. The van der Waals surface area contributed by atoms with Crippen LogP contribution in [0.1, 0.15) is 35.1 Å². The Kier molecular flexibility index (Phi) is 11.2. The second-order valence-corrected chi connectivity index (χ2v) is 10.3.